The lowest BCUT2D eigenvalue weighted by Gasteiger charge is -2.13. The third kappa shape index (κ3) is 5.83. The van der Waals surface area contributed by atoms with Gasteiger partial charge in [0, 0.05) is 0 Å². The van der Waals surface area contributed by atoms with Crippen LogP contribution >= 0.6 is 0 Å². The van der Waals surface area contributed by atoms with Gasteiger partial charge in [0.2, 0.25) is 0 Å². The van der Waals surface area contributed by atoms with Crippen LogP contribution in [0.3, 0.4) is 0 Å². The first kappa shape index (κ1) is 15.4. The monoisotopic (exact) mass is 282 g/mol. The largest absolute Gasteiger partial charge is 0.481 e. The van der Waals surface area contributed by atoms with Crippen molar-refractivity contribution in [2.24, 2.45) is 0 Å². The summed E-state index contributed by atoms with van der Waals surface area (Å²) < 4.78 is 4.81. The summed E-state index contributed by atoms with van der Waals surface area (Å²) in [5.74, 6) is -2.69. The Morgan fingerprint density at radius 1 is 1.15 bits per heavy atom. The van der Waals surface area contributed by atoms with Crippen LogP contribution in [0.25, 0.3) is 0 Å². The molecule has 0 fully saturated rings. The van der Waals surface area contributed by atoms with Gasteiger partial charge in [-0.2, -0.15) is 0 Å². The van der Waals surface area contributed by atoms with Crippen molar-refractivity contribution in [2.75, 3.05) is 0 Å². The Hall–Kier alpha value is -2.61. The van der Waals surface area contributed by atoms with E-state index in [4.69, 9.17) is 14.9 Å². The van der Waals surface area contributed by atoms with Crippen LogP contribution in [0.2, 0.25) is 0 Å². The number of amides is 1. The average Bonchev–Trinajstić information content (AvgIpc) is 2.41. The number of benzene rings is 1. The lowest BCUT2D eigenvalue weighted by molar-refractivity contribution is -0.146. The zero-order valence-electron chi connectivity index (χ0n) is 10.4. The summed E-state index contributed by atoms with van der Waals surface area (Å²) in [4.78, 5) is 32.4. The molecule has 0 spiro atoms. The summed E-state index contributed by atoms with van der Waals surface area (Å²) in [6.07, 6.45) is -1.57. The SMILES string of the molecule is O=C(O)CC(NNC(=O)OCc1ccccc1)C(=O)O. The minimum atomic E-state index is -1.43. The molecule has 0 aliphatic heterocycles. The Labute approximate surface area is 114 Å². The van der Waals surface area contributed by atoms with Gasteiger partial charge in [-0.1, -0.05) is 30.3 Å². The van der Waals surface area contributed by atoms with Crippen LogP contribution in [0.5, 0.6) is 0 Å². The fraction of sp³-hybridized carbons (Fsp3) is 0.250. The van der Waals surface area contributed by atoms with Crippen molar-refractivity contribution >= 4 is 18.0 Å². The molecule has 0 radical (unpaired) electrons. The second-order valence-electron chi connectivity index (χ2n) is 3.82. The standard InChI is InChI=1S/C12H14N2O6/c15-10(16)6-9(11(17)18)13-14-12(19)20-7-8-4-2-1-3-5-8/h1-5,9,13H,6-7H2,(H,14,19)(H,15,16)(H,17,18). The van der Waals surface area contributed by atoms with Crippen molar-refractivity contribution in [3.8, 4) is 0 Å². The van der Waals surface area contributed by atoms with Crippen molar-refractivity contribution in [1.82, 2.24) is 10.9 Å². The van der Waals surface area contributed by atoms with E-state index in [1.165, 1.54) is 0 Å². The number of nitrogens with one attached hydrogen (secondary N) is 2. The van der Waals surface area contributed by atoms with Crippen LogP contribution in [-0.4, -0.2) is 34.3 Å². The summed E-state index contributed by atoms with van der Waals surface area (Å²) in [7, 11) is 0. The molecule has 1 atom stereocenters. The minimum Gasteiger partial charge on any atom is -0.481 e. The highest BCUT2D eigenvalue weighted by molar-refractivity contribution is 5.80. The van der Waals surface area contributed by atoms with Crippen LogP contribution in [0, 0.1) is 0 Å². The van der Waals surface area contributed by atoms with Crippen molar-refractivity contribution < 1.29 is 29.3 Å². The Balaban J connectivity index is 2.34. The van der Waals surface area contributed by atoms with Gasteiger partial charge in [0.05, 0.1) is 6.42 Å². The number of carboxylic acids is 2. The van der Waals surface area contributed by atoms with Crippen molar-refractivity contribution in [3.05, 3.63) is 35.9 Å². The number of hydrogen-bond acceptors (Lipinski definition) is 5. The lowest BCUT2D eigenvalue weighted by atomic mass is 10.2. The number of ether oxygens (including phenoxy) is 1. The molecule has 8 nitrogen and oxygen atoms in total. The highest BCUT2D eigenvalue weighted by atomic mass is 16.6. The maximum absolute atomic E-state index is 11.3. The molecule has 8 heteroatoms. The van der Waals surface area contributed by atoms with Crippen LogP contribution in [0.15, 0.2) is 30.3 Å². The van der Waals surface area contributed by atoms with Crippen molar-refractivity contribution in [2.45, 2.75) is 19.1 Å². The number of carbonyl (C=O) groups is 3. The first-order valence-corrected chi connectivity index (χ1v) is 5.66. The Morgan fingerprint density at radius 2 is 1.80 bits per heavy atom. The summed E-state index contributed by atoms with van der Waals surface area (Å²) in [6.45, 7) is 0.0189. The van der Waals surface area contributed by atoms with Crippen LogP contribution < -0.4 is 10.9 Å². The number of hydrogen-bond donors (Lipinski definition) is 4. The third-order valence-electron chi connectivity index (χ3n) is 2.24. The molecule has 108 valence electrons. The van der Waals surface area contributed by atoms with E-state index >= 15 is 0 Å². The predicted octanol–water partition coefficient (Wildman–Crippen LogP) is 0.345. The predicted molar refractivity (Wildman–Crippen MR) is 66.6 cm³/mol. The summed E-state index contributed by atoms with van der Waals surface area (Å²) in [5, 5.41) is 17.2. The van der Waals surface area contributed by atoms with Gasteiger partial charge in [-0.15, -0.1) is 0 Å². The quantitative estimate of drug-likeness (QED) is 0.531. The Bertz CT molecular complexity index is 476. The van der Waals surface area contributed by atoms with E-state index in [0.717, 1.165) is 5.56 Å². The molecule has 1 amide bonds. The number of carboxylic acid groups (broad SMARTS) is 2. The van der Waals surface area contributed by atoms with Crippen molar-refractivity contribution in [3.63, 3.8) is 0 Å². The van der Waals surface area contributed by atoms with Crippen LogP contribution in [0.1, 0.15) is 12.0 Å². The maximum atomic E-state index is 11.3. The van der Waals surface area contributed by atoms with Gasteiger partial charge in [-0.3, -0.25) is 15.0 Å². The Kier molecular flexibility index (Phi) is 5.98. The number of aliphatic carboxylic acids is 2. The molecule has 4 N–H and O–H groups in total. The molecule has 0 aliphatic rings. The first-order chi connectivity index (χ1) is 9.49. The number of rotatable bonds is 7. The molecule has 0 heterocycles. The van der Waals surface area contributed by atoms with E-state index in [-0.39, 0.29) is 6.61 Å². The van der Waals surface area contributed by atoms with Gasteiger partial charge >= 0.3 is 18.0 Å². The molecule has 0 saturated heterocycles. The van der Waals surface area contributed by atoms with E-state index in [1.807, 2.05) is 11.5 Å². The van der Waals surface area contributed by atoms with Gasteiger partial charge in [0.25, 0.3) is 0 Å². The number of hydrazine groups is 1. The lowest BCUT2D eigenvalue weighted by Crippen LogP contribution is -2.49. The maximum Gasteiger partial charge on any atom is 0.421 e. The molecule has 1 rings (SSSR count). The Morgan fingerprint density at radius 3 is 2.35 bits per heavy atom. The van der Waals surface area contributed by atoms with E-state index < -0.39 is 30.5 Å². The van der Waals surface area contributed by atoms with E-state index in [1.54, 1.807) is 24.3 Å². The number of carbonyl (C=O) groups excluding carboxylic acids is 1. The van der Waals surface area contributed by atoms with Crippen molar-refractivity contribution in [1.29, 1.82) is 0 Å². The average molecular weight is 282 g/mol. The molecular weight excluding hydrogens is 268 g/mol. The first-order valence-electron chi connectivity index (χ1n) is 5.66. The highest BCUT2D eigenvalue weighted by Gasteiger charge is 2.21. The second-order valence-corrected chi connectivity index (χ2v) is 3.82. The molecule has 1 unspecified atom stereocenters. The normalized spacial score (nSPS) is 11.4. The fourth-order valence-corrected chi connectivity index (χ4v) is 1.28. The molecule has 0 aliphatic carbocycles. The van der Waals surface area contributed by atoms with Gasteiger partial charge in [0.1, 0.15) is 12.6 Å². The minimum absolute atomic E-state index is 0.0189. The molecule has 0 aromatic heterocycles. The smallest absolute Gasteiger partial charge is 0.421 e. The van der Waals surface area contributed by atoms with Gasteiger partial charge in [-0.05, 0) is 5.56 Å². The summed E-state index contributed by atoms with van der Waals surface area (Å²) in [6, 6.07) is 7.45. The van der Waals surface area contributed by atoms with E-state index in [0.29, 0.717) is 0 Å². The third-order valence-corrected chi connectivity index (χ3v) is 2.24. The molecule has 1 aromatic carbocycles. The molecular formula is C12H14N2O6. The van der Waals surface area contributed by atoms with Gasteiger partial charge in [0.15, 0.2) is 0 Å². The summed E-state index contributed by atoms with van der Waals surface area (Å²) >= 11 is 0. The zero-order valence-corrected chi connectivity index (χ0v) is 10.4. The van der Waals surface area contributed by atoms with E-state index in [2.05, 4.69) is 5.43 Å². The second kappa shape index (κ2) is 7.74. The zero-order chi connectivity index (χ0) is 15.0. The van der Waals surface area contributed by atoms with Gasteiger partial charge < -0.3 is 14.9 Å². The van der Waals surface area contributed by atoms with Crippen LogP contribution in [-0.2, 0) is 20.9 Å². The fourth-order valence-electron chi connectivity index (χ4n) is 1.28. The topological polar surface area (TPSA) is 125 Å². The summed E-state index contributed by atoms with van der Waals surface area (Å²) in [5.41, 5.74) is 4.83. The molecule has 1 aromatic rings. The van der Waals surface area contributed by atoms with Gasteiger partial charge in [-0.25, -0.2) is 10.2 Å². The van der Waals surface area contributed by atoms with Crippen LogP contribution in [0.4, 0.5) is 4.79 Å². The molecule has 20 heavy (non-hydrogen) atoms. The molecule has 0 saturated carbocycles. The molecule has 0 bridgehead atoms. The van der Waals surface area contributed by atoms with E-state index in [9.17, 15) is 14.4 Å². The highest BCUT2D eigenvalue weighted by Crippen LogP contribution is 2.00.